The third-order valence-electron chi connectivity index (χ3n) is 4.37. The smallest absolute Gasteiger partial charge is 0.309 e. The van der Waals surface area contributed by atoms with Crippen LogP contribution in [0.4, 0.5) is 0 Å². The zero-order chi connectivity index (χ0) is 18.6. The number of imidazole rings is 1. The molecule has 0 N–H and O–H groups in total. The highest BCUT2D eigenvalue weighted by molar-refractivity contribution is 7.90. The summed E-state index contributed by atoms with van der Waals surface area (Å²) in [5.74, 6) is 0.192. The number of esters is 1. The first-order valence-corrected chi connectivity index (χ1v) is 10.7. The van der Waals surface area contributed by atoms with Crippen LogP contribution in [0, 0.1) is 11.8 Å². The van der Waals surface area contributed by atoms with Crippen LogP contribution in [-0.2, 0) is 32.5 Å². The molecule has 8 heteroatoms. The minimum atomic E-state index is -3.35. The topological polar surface area (TPSA) is 81.5 Å². The van der Waals surface area contributed by atoms with Gasteiger partial charge in [0.05, 0.1) is 24.4 Å². The van der Waals surface area contributed by atoms with Crippen molar-refractivity contribution < 1.29 is 17.9 Å². The van der Waals surface area contributed by atoms with Gasteiger partial charge in [-0.05, 0) is 38.8 Å². The number of carbonyl (C=O) groups is 1. The van der Waals surface area contributed by atoms with Crippen molar-refractivity contribution in [2.45, 2.75) is 51.9 Å². The van der Waals surface area contributed by atoms with Crippen LogP contribution in [0.25, 0.3) is 0 Å². The summed E-state index contributed by atoms with van der Waals surface area (Å²) in [6, 6.07) is 0. The normalized spacial score (nSPS) is 17.2. The standard InChI is InChI=1S/C17H29N3O4S/c1-5-24-16(21)14-6-8-19(9-7-14)12-15-10-18-17(25(4,22)23)20(15)11-13(2)3/h10,13-14H,5-9,11-12H2,1-4H3. The van der Waals surface area contributed by atoms with Gasteiger partial charge in [-0.2, -0.15) is 0 Å². The summed E-state index contributed by atoms with van der Waals surface area (Å²) >= 11 is 0. The van der Waals surface area contributed by atoms with Gasteiger partial charge in [0.2, 0.25) is 15.0 Å². The van der Waals surface area contributed by atoms with Crippen molar-refractivity contribution in [1.82, 2.24) is 14.5 Å². The summed E-state index contributed by atoms with van der Waals surface area (Å²) in [5, 5.41) is 0.137. The van der Waals surface area contributed by atoms with Crippen LogP contribution in [-0.4, -0.2) is 54.8 Å². The zero-order valence-electron chi connectivity index (χ0n) is 15.6. The van der Waals surface area contributed by atoms with Crippen molar-refractivity contribution in [3.8, 4) is 0 Å². The van der Waals surface area contributed by atoms with E-state index in [-0.39, 0.29) is 17.0 Å². The third-order valence-corrected chi connectivity index (χ3v) is 5.36. The summed E-state index contributed by atoms with van der Waals surface area (Å²) in [7, 11) is -3.35. The number of hydrogen-bond acceptors (Lipinski definition) is 6. The number of sulfone groups is 1. The van der Waals surface area contributed by atoms with Crippen molar-refractivity contribution in [2.24, 2.45) is 11.8 Å². The lowest BCUT2D eigenvalue weighted by Gasteiger charge is -2.31. The molecule has 1 aliphatic heterocycles. The molecule has 2 rings (SSSR count). The average Bonchev–Trinajstić information content (AvgIpc) is 2.90. The van der Waals surface area contributed by atoms with Gasteiger partial charge in [0.1, 0.15) is 0 Å². The predicted molar refractivity (Wildman–Crippen MR) is 94.8 cm³/mol. The lowest BCUT2D eigenvalue weighted by atomic mass is 9.97. The maximum absolute atomic E-state index is 12.0. The molecule has 0 saturated carbocycles. The molecule has 142 valence electrons. The highest BCUT2D eigenvalue weighted by atomic mass is 32.2. The maximum Gasteiger partial charge on any atom is 0.309 e. The number of nitrogens with zero attached hydrogens (tertiary/aromatic N) is 3. The molecule has 0 unspecified atom stereocenters. The van der Waals surface area contributed by atoms with Gasteiger partial charge in [-0.1, -0.05) is 13.8 Å². The first kappa shape index (κ1) is 19.9. The minimum absolute atomic E-state index is 0.0247. The van der Waals surface area contributed by atoms with Gasteiger partial charge in [0, 0.05) is 19.3 Å². The van der Waals surface area contributed by atoms with Gasteiger partial charge in [0.15, 0.2) is 0 Å². The lowest BCUT2D eigenvalue weighted by molar-refractivity contribution is -0.149. The van der Waals surface area contributed by atoms with E-state index in [1.54, 1.807) is 6.20 Å². The predicted octanol–water partition coefficient (Wildman–Crippen LogP) is 1.72. The fourth-order valence-electron chi connectivity index (χ4n) is 3.19. The van der Waals surface area contributed by atoms with Gasteiger partial charge in [0.25, 0.3) is 0 Å². The molecule has 25 heavy (non-hydrogen) atoms. The average molecular weight is 372 g/mol. The summed E-state index contributed by atoms with van der Waals surface area (Å²) < 4.78 is 30.9. The molecule has 1 aliphatic rings. The molecule has 7 nitrogen and oxygen atoms in total. The van der Waals surface area contributed by atoms with Crippen molar-refractivity contribution in [3.63, 3.8) is 0 Å². The maximum atomic E-state index is 12.0. The molecule has 0 atom stereocenters. The molecule has 2 heterocycles. The quantitative estimate of drug-likeness (QED) is 0.679. The Morgan fingerprint density at radius 2 is 2.00 bits per heavy atom. The summed E-state index contributed by atoms with van der Waals surface area (Å²) in [4.78, 5) is 18.2. The molecule has 0 radical (unpaired) electrons. The summed E-state index contributed by atoms with van der Waals surface area (Å²) in [6.45, 7) is 9.21. The molecule has 0 bridgehead atoms. The fourth-order valence-corrected chi connectivity index (χ4v) is 4.03. The number of piperidine rings is 1. The van der Waals surface area contributed by atoms with Crippen molar-refractivity contribution in [3.05, 3.63) is 11.9 Å². The Hall–Kier alpha value is -1.41. The van der Waals surface area contributed by atoms with E-state index in [1.165, 1.54) is 6.26 Å². The van der Waals surface area contributed by atoms with E-state index in [9.17, 15) is 13.2 Å². The Kier molecular flexibility index (Phi) is 6.62. The van der Waals surface area contributed by atoms with Gasteiger partial charge in [-0.3, -0.25) is 9.69 Å². The number of carbonyl (C=O) groups excluding carboxylic acids is 1. The lowest BCUT2D eigenvalue weighted by Crippen LogP contribution is -2.37. The number of rotatable bonds is 7. The Morgan fingerprint density at radius 1 is 1.36 bits per heavy atom. The van der Waals surface area contributed by atoms with Gasteiger partial charge >= 0.3 is 5.97 Å². The number of ether oxygens (including phenoxy) is 1. The van der Waals surface area contributed by atoms with Crippen LogP contribution < -0.4 is 0 Å². The van der Waals surface area contributed by atoms with Gasteiger partial charge in [-0.15, -0.1) is 0 Å². The molecule has 1 saturated heterocycles. The molecule has 0 aromatic carbocycles. The van der Waals surface area contributed by atoms with E-state index >= 15 is 0 Å². The Bertz CT molecular complexity index is 689. The second-order valence-corrected chi connectivity index (χ2v) is 9.02. The molecule has 0 amide bonds. The zero-order valence-corrected chi connectivity index (χ0v) is 16.4. The Morgan fingerprint density at radius 3 is 2.52 bits per heavy atom. The van der Waals surface area contributed by atoms with Gasteiger partial charge in [-0.25, -0.2) is 13.4 Å². The Labute approximate surface area is 150 Å². The summed E-state index contributed by atoms with van der Waals surface area (Å²) in [5.41, 5.74) is 0.906. The number of hydrogen-bond donors (Lipinski definition) is 0. The van der Waals surface area contributed by atoms with E-state index in [2.05, 4.69) is 23.7 Å². The molecule has 1 fully saturated rings. The van der Waals surface area contributed by atoms with E-state index < -0.39 is 9.84 Å². The van der Waals surface area contributed by atoms with Crippen LogP contribution in [0.3, 0.4) is 0 Å². The van der Waals surface area contributed by atoms with Crippen molar-refractivity contribution in [2.75, 3.05) is 26.0 Å². The van der Waals surface area contributed by atoms with E-state index in [1.807, 2.05) is 11.5 Å². The SMILES string of the molecule is CCOC(=O)C1CCN(Cc2cnc(S(C)(=O)=O)n2CC(C)C)CC1. The van der Waals surface area contributed by atoms with E-state index in [0.29, 0.717) is 25.6 Å². The molecular weight excluding hydrogens is 342 g/mol. The van der Waals surface area contributed by atoms with Crippen LogP contribution in [0.2, 0.25) is 0 Å². The van der Waals surface area contributed by atoms with E-state index in [4.69, 9.17) is 4.74 Å². The molecule has 0 spiro atoms. The monoisotopic (exact) mass is 371 g/mol. The highest BCUT2D eigenvalue weighted by Crippen LogP contribution is 2.22. The first-order chi connectivity index (χ1) is 11.7. The van der Waals surface area contributed by atoms with Crippen LogP contribution in [0.15, 0.2) is 11.4 Å². The first-order valence-electron chi connectivity index (χ1n) is 8.85. The highest BCUT2D eigenvalue weighted by Gasteiger charge is 2.27. The second kappa shape index (κ2) is 8.31. The molecule has 1 aromatic heterocycles. The van der Waals surface area contributed by atoms with E-state index in [0.717, 1.165) is 31.6 Å². The largest absolute Gasteiger partial charge is 0.466 e. The van der Waals surface area contributed by atoms with Crippen LogP contribution in [0.1, 0.15) is 39.3 Å². The van der Waals surface area contributed by atoms with Crippen LogP contribution >= 0.6 is 0 Å². The minimum Gasteiger partial charge on any atom is -0.466 e. The fraction of sp³-hybridized carbons (Fsp3) is 0.765. The second-order valence-electron chi connectivity index (χ2n) is 7.11. The molecular formula is C17H29N3O4S. The summed E-state index contributed by atoms with van der Waals surface area (Å²) in [6.07, 6.45) is 4.41. The number of aromatic nitrogens is 2. The van der Waals surface area contributed by atoms with Gasteiger partial charge < -0.3 is 9.30 Å². The van der Waals surface area contributed by atoms with Crippen molar-refractivity contribution >= 4 is 15.8 Å². The Balaban J connectivity index is 2.06. The van der Waals surface area contributed by atoms with Crippen molar-refractivity contribution in [1.29, 1.82) is 0 Å². The third kappa shape index (κ3) is 5.28. The van der Waals surface area contributed by atoms with Crippen LogP contribution in [0.5, 0.6) is 0 Å². The molecule has 1 aromatic rings. The number of likely N-dealkylation sites (tertiary alicyclic amines) is 1. The molecule has 0 aliphatic carbocycles.